The first-order valence-corrected chi connectivity index (χ1v) is 4.91. The second-order valence-corrected chi connectivity index (χ2v) is 3.18. The van der Waals surface area contributed by atoms with Crippen molar-refractivity contribution >= 4 is 0 Å². The van der Waals surface area contributed by atoms with E-state index in [1.807, 2.05) is 0 Å². The largest absolute Gasteiger partial charge is 0.483 e. The summed E-state index contributed by atoms with van der Waals surface area (Å²) in [7, 11) is 0. The molecule has 0 atom stereocenters. The average Bonchev–Trinajstić information content (AvgIpc) is 2.27. The van der Waals surface area contributed by atoms with Crippen molar-refractivity contribution in [3.8, 4) is 17.6 Å². The molecule has 17 heavy (non-hydrogen) atoms. The molecule has 0 heterocycles. The van der Waals surface area contributed by atoms with Gasteiger partial charge in [0.1, 0.15) is 5.75 Å². The topological polar surface area (TPSA) is 29.5 Å². The van der Waals surface area contributed by atoms with E-state index in [9.17, 15) is 13.2 Å². The molecular weight excluding hydrogens is 233 g/mol. The molecule has 0 aliphatic heterocycles. The van der Waals surface area contributed by atoms with E-state index in [2.05, 4.69) is 16.6 Å². The van der Waals surface area contributed by atoms with Crippen molar-refractivity contribution in [3.63, 3.8) is 0 Å². The van der Waals surface area contributed by atoms with Crippen LogP contribution >= 0.6 is 0 Å². The van der Waals surface area contributed by atoms with Crippen molar-refractivity contribution in [1.82, 2.24) is 0 Å². The third-order valence-corrected chi connectivity index (χ3v) is 1.74. The number of hydrogen-bond donors (Lipinski definition) is 1. The Morgan fingerprint density at radius 3 is 2.59 bits per heavy atom. The predicted octanol–water partition coefficient (Wildman–Crippen LogP) is 2.36. The van der Waals surface area contributed by atoms with E-state index in [1.54, 1.807) is 18.2 Å². The number of para-hydroxylation sites is 1. The molecule has 1 rings (SSSR count). The van der Waals surface area contributed by atoms with Crippen LogP contribution in [0.25, 0.3) is 0 Å². The van der Waals surface area contributed by atoms with Crippen molar-refractivity contribution < 1.29 is 23.0 Å². The van der Waals surface area contributed by atoms with Crippen LogP contribution in [0.4, 0.5) is 13.2 Å². The lowest BCUT2D eigenvalue weighted by Gasteiger charge is -2.10. The van der Waals surface area contributed by atoms with Gasteiger partial charge in [-0.1, -0.05) is 24.0 Å². The van der Waals surface area contributed by atoms with Gasteiger partial charge in [0.15, 0.2) is 6.61 Å². The maximum Gasteiger partial charge on any atom is 0.422 e. The van der Waals surface area contributed by atoms with Gasteiger partial charge >= 0.3 is 6.18 Å². The van der Waals surface area contributed by atoms with Gasteiger partial charge in [0, 0.05) is 6.42 Å². The summed E-state index contributed by atoms with van der Waals surface area (Å²) in [5.74, 6) is 5.37. The predicted molar refractivity (Wildman–Crippen MR) is 56.6 cm³/mol. The number of rotatable bonds is 3. The molecule has 0 aliphatic rings. The van der Waals surface area contributed by atoms with E-state index in [0.29, 0.717) is 5.56 Å². The Balaban J connectivity index is 2.75. The van der Waals surface area contributed by atoms with Crippen molar-refractivity contribution in [2.75, 3.05) is 13.2 Å². The zero-order valence-corrected chi connectivity index (χ0v) is 8.92. The molecule has 0 bridgehead atoms. The fourth-order valence-corrected chi connectivity index (χ4v) is 1.07. The summed E-state index contributed by atoms with van der Waals surface area (Å²) in [4.78, 5) is 0. The monoisotopic (exact) mass is 244 g/mol. The van der Waals surface area contributed by atoms with E-state index in [-0.39, 0.29) is 18.8 Å². The summed E-state index contributed by atoms with van der Waals surface area (Å²) in [6.45, 7) is -1.43. The molecule has 0 fully saturated rings. The van der Waals surface area contributed by atoms with Crippen LogP contribution in [-0.2, 0) is 0 Å². The highest BCUT2D eigenvalue weighted by Gasteiger charge is 2.28. The molecule has 1 aromatic carbocycles. The third kappa shape index (κ3) is 5.27. The zero-order valence-electron chi connectivity index (χ0n) is 8.92. The van der Waals surface area contributed by atoms with E-state index in [4.69, 9.17) is 5.11 Å². The summed E-state index contributed by atoms with van der Waals surface area (Å²) in [6, 6.07) is 6.22. The highest BCUT2D eigenvalue weighted by atomic mass is 19.4. The fourth-order valence-electron chi connectivity index (χ4n) is 1.07. The highest BCUT2D eigenvalue weighted by molar-refractivity contribution is 5.45. The zero-order chi connectivity index (χ0) is 12.7. The highest BCUT2D eigenvalue weighted by Crippen LogP contribution is 2.21. The lowest BCUT2D eigenvalue weighted by molar-refractivity contribution is -0.153. The third-order valence-electron chi connectivity index (χ3n) is 1.74. The lowest BCUT2D eigenvalue weighted by atomic mass is 10.2. The van der Waals surface area contributed by atoms with Gasteiger partial charge in [0.05, 0.1) is 12.2 Å². The Labute approximate surface area is 97.0 Å². The minimum Gasteiger partial charge on any atom is -0.483 e. The molecule has 0 unspecified atom stereocenters. The molecule has 0 aromatic heterocycles. The number of halogens is 3. The molecule has 1 aromatic rings. The maximum atomic E-state index is 12.0. The second-order valence-electron chi connectivity index (χ2n) is 3.18. The Hall–Kier alpha value is -1.67. The van der Waals surface area contributed by atoms with E-state index in [0.717, 1.165) is 0 Å². The number of aliphatic hydroxyl groups is 1. The lowest BCUT2D eigenvalue weighted by Crippen LogP contribution is -2.19. The minimum atomic E-state index is -4.37. The Morgan fingerprint density at radius 1 is 1.24 bits per heavy atom. The molecule has 0 radical (unpaired) electrons. The van der Waals surface area contributed by atoms with Crippen LogP contribution in [0.2, 0.25) is 0 Å². The molecule has 92 valence electrons. The van der Waals surface area contributed by atoms with Crippen molar-refractivity contribution in [2.45, 2.75) is 12.6 Å². The van der Waals surface area contributed by atoms with Crippen LogP contribution in [0.3, 0.4) is 0 Å². The average molecular weight is 244 g/mol. The molecule has 0 amide bonds. The number of ether oxygens (including phenoxy) is 1. The van der Waals surface area contributed by atoms with Gasteiger partial charge in [-0.2, -0.15) is 13.2 Å². The van der Waals surface area contributed by atoms with Crippen LogP contribution in [0.5, 0.6) is 5.75 Å². The van der Waals surface area contributed by atoms with Crippen LogP contribution in [0.15, 0.2) is 24.3 Å². The maximum absolute atomic E-state index is 12.0. The first-order chi connectivity index (χ1) is 8.03. The molecule has 0 aliphatic carbocycles. The Kier molecular flexibility index (Phi) is 4.85. The number of benzene rings is 1. The van der Waals surface area contributed by atoms with Crippen LogP contribution < -0.4 is 4.74 Å². The van der Waals surface area contributed by atoms with Gasteiger partial charge in [-0.15, -0.1) is 0 Å². The molecular formula is C12H11F3O2. The van der Waals surface area contributed by atoms with Gasteiger partial charge in [-0.25, -0.2) is 0 Å². The number of hydrogen-bond acceptors (Lipinski definition) is 2. The summed E-state index contributed by atoms with van der Waals surface area (Å²) in [6.07, 6.45) is -4.10. The van der Waals surface area contributed by atoms with Crippen molar-refractivity contribution in [3.05, 3.63) is 29.8 Å². The van der Waals surface area contributed by atoms with Crippen LogP contribution in [0, 0.1) is 11.8 Å². The number of aliphatic hydroxyl groups excluding tert-OH is 1. The minimum absolute atomic E-state index is 0.0847. The Bertz CT molecular complexity index is 416. The van der Waals surface area contributed by atoms with E-state index < -0.39 is 12.8 Å². The van der Waals surface area contributed by atoms with Gasteiger partial charge in [0.2, 0.25) is 0 Å². The van der Waals surface area contributed by atoms with Gasteiger partial charge in [-0.05, 0) is 12.1 Å². The standard InChI is InChI=1S/C12H11F3O2/c13-12(14,15)9-17-11-7-2-1-5-10(11)6-3-4-8-16/h1-2,5,7,16H,4,8-9H2. The van der Waals surface area contributed by atoms with E-state index in [1.165, 1.54) is 6.07 Å². The molecule has 2 nitrogen and oxygen atoms in total. The summed E-state index contributed by atoms with van der Waals surface area (Å²) in [5.41, 5.74) is 0.380. The normalized spacial score (nSPS) is 10.6. The quantitative estimate of drug-likeness (QED) is 0.827. The molecule has 0 saturated carbocycles. The first kappa shape index (κ1) is 13.4. The fraction of sp³-hybridized carbons (Fsp3) is 0.333. The van der Waals surface area contributed by atoms with Gasteiger partial charge in [0.25, 0.3) is 0 Å². The Morgan fingerprint density at radius 2 is 1.94 bits per heavy atom. The first-order valence-electron chi connectivity index (χ1n) is 4.91. The van der Waals surface area contributed by atoms with Crippen molar-refractivity contribution in [2.24, 2.45) is 0 Å². The van der Waals surface area contributed by atoms with Gasteiger partial charge in [-0.3, -0.25) is 0 Å². The molecule has 1 N–H and O–H groups in total. The van der Waals surface area contributed by atoms with Crippen LogP contribution in [-0.4, -0.2) is 24.5 Å². The van der Waals surface area contributed by atoms with Crippen molar-refractivity contribution in [1.29, 1.82) is 0 Å². The second kappa shape index (κ2) is 6.16. The molecule has 0 saturated heterocycles. The SMILES string of the molecule is OCCC#Cc1ccccc1OCC(F)(F)F. The van der Waals surface area contributed by atoms with Gasteiger partial charge < -0.3 is 9.84 Å². The van der Waals surface area contributed by atoms with Crippen LogP contribution in [0.1, 0.15) is 12.0 Å². The van der Waals surface area contributed by atoms with E-state index >= 15 is 0 Å². The number of alkyl halides is 3. The smallest absolute Gasteiger partial charge is 0.422 e. The summed E-state index contributed by atoms with van der Waals surface area (Å²) < 4.78 is 40.6. The summed E-state index contributed by atoms with van der Waals surface area (Å²) in [5, 5.41) is 8.54. The summed E-state index contributed by atoms with van der Waals surface area (Å²) >= 11 is 0. The molecule has 0 spiro atoms. The molecule has 5 heteroatoms.